The van der Waals surface area contributed by atoms with Crippen molar-refractivity contribution in [3.05, 3.63) is 0 Å². The fourth-order valence-electron chi connectivity index (χ4n) is 0.454. The highest BCUT2D eigenvalue weighted by molar-refractivity contribution is 5.71. The Bertz CT molecular complexity index is 124. The van der Waals surface area contributed by atoms with E-state index in [2.05, 4.69) is 0 Å². The number of carbonyl (C=O) groups is 1. The van der Waals surface area contributed by atoms with E-state index in [1.165, 1.54) is 0 Å². The number of hydrogen-bond acceptors (Lipinski definition) is 4. The van der Waals surface area contributed by atoms with Crippen LogP contribution in [-0.2, 0) is 4.79 Å². The lowest BCUT2D eigenvalue weighted by Crippen LogP contribution is -2.33. The molecule has 0 bridgehead atoms. The maximum Gasteiger partial charge on any atom is 0.332 e. The zero-order chi connectivity index (χ0) is 8.36. The van der Waals surface area contributed by atoms with Crippen molar-refractivity contribution in [2.75, 3.05) is 0 Å². The van der Waals surface area contributed by atoms with Gasteiger partial charge in [0.2, 0.25) is 0 Å². The van der Waals surface area contributed by atoms with Crippen molar-refractivity contribution in [3.8, 4) is 0 Å². The largest absolute Gasteiger partial charge is 0.479 e. The highest BCUT2D eigenvalue weighted by atomic mass is 16.5. The first kappa shape index (κ1) is 9.35. The molecule has 0 heterocycles. The molecule has 0 aliphatic carbocycles. The van der Waals surface area contributed by atoms with E-state index in [4.69, 9.17) is 20.4 Å². The van der Waals surface area contributed by atoms with E-state index >= 15 is 0 Å². The lowest BCUT2D eigenvalue weighted by Gasteiger charge is -2.16. The molecule has 1 atom stereocenters. The molecular weight excluding hydrogens is 140 g/mol. The topological polar surface area (TPSA) is 98.0 Å². The molecular formula is C5H10O5. The minimum Gasteiger partial charge on any atom is -0.479 e. The van der Waals surface area contributed by atoms with Crippen LogP contribution in [-0.4, -0.2) is 38.3 Å². The molecule has 0 rings (SSSR count). The van der Waals surface area contributed by atoms with Crippen LogP contribution in [0.25, 0.3) is 0 Å². The van der Waals surface area contributed by atoms with Gasteiger partial charge in [-0.15, -0.1) is 0 Å². The van der Waals surface area contributed by atoms with Gasteiger partial charge in [0.15, 0.2) is 11.9 Å². The average Bonchev–Trinajstić information content (AvgIpc) is 1.60. The Balaban J connectivity index is 3.80. The summed E-state index contributed by atoms with van der Waals surface area (Å²) in [7, 11) is 0. The van der Waals surface area contributed by atoms with Gasteiger partial charge in [0.05, 0.1) is 0 Å². The second-order valence-corrected chi connectivity index (χ2v) is 2.28. The van der Waals surface area contributed by atoms with Crippen LogP contribution in [0, 0.1) is 0 Å². The molecule has 0 saturated carbocycles. The molecule has 0 fully saturated rings. The molecule has 0 aliphatic rings. The third kappa shape index (κ3) is 4.25. The summed E-state index contributed by atoms with van der Waals surface area (Å²) in [5, 5.41) is 33.8. The molecule has 0 amide bonds. The molecule has 5 nitrogen and oxygen atoms in total. The number of carboxylic acids is 1. The normalized spacial score (nSPS) is 14.8. The summed E-state index contributed by atoms with van der Waals surface area (Å²) in [6.07, 6.45) is -2.32. The summed E-state index contributed by atoms with van der Waals surface area (Å²) < 4.78 is 0. The van der Waals surface area contributed by atoms with Crippen molar-refractivity contribution < 1.29 is 25.2 Å². The molecule has 0 aromatic rings. The van der Waals surface area contributed by atoms with Gasteiger partial charge < -0.3 is 20.4 Å². The van der Waals surface area contributed by atoms with Crippen LogP contribution in [0.3, 0.4) is 0 Å². The van der Waals surface area contributed by atoms with E-state index in [-0.39, 0.29) is 0 Å². The van der Waals surface area contributed by atoms with Gasteiger partial charge in [0, 0.05) is 6.42 Å². The summed E-state index contributed by atoms with van der Waals surface area (Å²) in [6, 6.07) is 0. The SMILES string of the molecule is CC(O)(O)CC(O)C(=O)O. The lowest BCUT2D eigenvalue weighted by molar-refractivity contribution is -0.178. The summed E-state index contributed by atoms with van der Waals surface area (Å²) in [5.41, 5.74) is 0. The summed E-state index contributed by atoms with van der Waals surface area (Å²) in [6.45, 7) is 0.999. The molecule has 5 heteroatoms. The molecule has 0 radical (unpaired) electrons. The van der Waals surface area contributed by atoms with Gasteiger partial charge in [-0.1, -0.05) is 0 Å². The molecule has 0 aliphatic heterocycles. The van der Waals surface area contributed by atoms with Gasteiger partial charge in [-0.3, -0.25) is 0 Å². The van der Waals surface area contributed by atoms with Crippen LogP contribution in [0.15, 0.2) is 0 Å². The van der Waals surface area contributed by atoms with E-state index in [9.17, 15) is 4.79 Å². The maximum atomic E-state index is 9.90. The molecule has 0 saturated heterocycles. The Kier molecular flexibility index (Phi) is 2.77. The first-order valence-electron chi connectivity index (χ1n) is 2.68. The van der Waals surface area contributed by atoms with E-state index in [0.717, 1.165) is 6.92 Å². The fraction of sp³-hybridized carbons (Fsp3) is 0.800. The van der Waals surface area contributed by atoms with Crippen LogP contribution < -0.4 is 0 Å². The first-order valence-corrected chi connectivity index (χ1v) is 2.68. The van der Waals surface area contributed by atoms with Crippen LogP contribution in [0.5, 0.6) is 0 Å². The van der Waals surface area contributed by atoms with Gasteiger partial charge in [0.25, 0.3) is 0 Å². The predicted molar refractivity (Wildman–Crippen MR) is 31.1 cm³/mol. The third-order valence-corrected chi connectivity index (χ3v) is 0.865. The fourth-order valence-corrected chi connectivity index (χ4v) is 0.454. The monoisotopic (exact) mass is 150 g/mol. The number of aliphatic carboxylic acids is 1. The average molecular weight is 150 g/mol. The second kappa shape index (κ2) is 2.96. The number of aliphatic hydroxyl groups is 3. The number of rotatable bonds is 3. The minimum atomic E-state index is -2.13. The van der Waals surface area contributed by atoms with Crippen molar-refractivity contribution in [2.24, 2.45) is 0 Å². The molecule has 4 N–H and O–H groups in total. The Morgan fingerprint density at radius 3 is 2.10 bits per heavy atom. The number of hydrogen-bond donors (Lipinski definition) is 4. The van der Waals surface area contributed by atoms with E-state index in [1.807, 2.05) is 0 Å². The Morgan fingerprint density at radius 1 is 1.60 bits per heavy atom. The van der Waals surface area contributed by atoms with Crippen LogP contribution in [0.4, 0.5) is 0 Å². The Labute approximate surface area is 57.5 Å². The molecule has 0 aromatic heterocycles. The Morgan fingerprint density at radius 2 is 2.00 bits per heavy atom. The van der Waals surface area contributed by atoms with E-state index in [1.54, 1.807) is 0 Å². The maximum absolute atomic E-state index is 9.90. The zero-order valence-electron chi connectivity index (χ0n) is 5.48. The van der Waals surface area contributed by atoms with Gasteiger partial charge in [-0.25, -0.2) is 4.79 Å². The number of aliphatic hydroxyl groups excluding tert-OH is 1. The van der Waals surface area contributed by atoms with Crippen LogP contribution in [0.1, 0.15) is 13.3 Å². The molecule has 0 aromatic carbocycles. The molecule has 0 spiro atoms. The second-order valence-electron chi connectivity index (χ2n) is 2.28. The van der Waals surface area contributed by atoms with Gasteiger partial charge in [-0.05, 0) is 6.92 Å². The molecule has 10 heavy (non-hydrogen) atoms. The summed E-state index contributed by atoms with van der Waals surface area (Å²) in [5.74, 6) is -3.59. The van der Waals surface area contributed by atoms with Crippen LogP contribution in [0.2, 0.25) is 0 Å². The lowest BCUT2D eigenvalue weighted by atomic mass is 10.1. The highest BCUT2D eigenvalue weighted by Crippen LogP contribution is 2.07. The summed E-state index contributed by atoms with van der Waals surface area (Å²) >= 11 is 0. The predicted octanol–water partition coefficient (Wildman–Crippen LogP) is -1.48. The van der Waals surface area contributed by atoms with Crippen molar-refractivity contribution in [1.29, 1.82) is 0 Å². The highest BCUT2D eigenvalue weighted by Gasteiger charge is 2.24. The van der Waals surface area contributed by atoms with Crippen molar-refractivity contribution >= 4 is 5.97 Å². The third-order valence-electron chi connectivity index (χ3n) is 0.865. The van der Waals surface area contributed by atoms with E-state index < -0.39 is 24.3 Å². The standard InChI is InChI=1S/C5H10O5/c1-5(9,10)2-3(6)4(7)8/h3,6,9-10H,2H2,1H3,(H,7,8). The van der Waals surface area contributed by atoms with Crippen molar-refractivity contribution in [2.45, 2.75) is 25.2 Å². The van der Waals surface area contributed by atoms with Crippen LogP contribution >= 0.6 is 0 Å². The number of carboxylic acid groups (broad SMARTS) is 1. The minimum absolute atomic E-state index is 0.595. The van der Waals surface area contributed by atoms with Crippen molar-refractivity contribution in [3.63, 3.8) is 0 Å². The molecule has 1 unspecified atom stereocenters. The quantitative estimate of drug-likeness (QED) is 0.368. The summed E-state index contributed by atoms with van der Waals surface area (Å²) in [4.78, 5) is 9.90. The van der Waals surface area contributed by atoms with E-state index in [0.29, 0.717) is 0 Å². The van der Waals surface area contributed by atoms with Gasteiger partial charge >= 0.3 is 5.97 Å². The van der Waals surface area contributed by atoms with Gasteiger partial charge in [-0.2, -0.15) is 0 Å². The Hall–Kier alpha value is -0.650. The molecule has 60 valence electrons. The smallest absolute Gasteiger partial charge is 0.332 e. The first-order chi connectivity index (χ1) is 4.33. The zero-order valence-corrected chi connectivity index (χ0v) is 5.48. The van der Waals surface area contributed by atoms with Crippen molar-refractivity contribution in [1.82, 2.24) is 0 Å². The van der Waals surface area contributed by atoms with Gasteiger partial charge in [0.1, 0.15) is 0 Å².